The highest BCUT2D eigenvalue weighted by atomic mass is 31.2. The summed E-state index contributed by atoms with van der Waals surface area (Å²) in [6, 6.07) is 8.71. The van der Waals surface area contributed by atoms with Gasteiger partial charge in [0.05, 0.1) is 6.61 Å². The van der Waals surface area contributed by atoms with Crippen LogP contribution < -0.4 is 0 Å². The number of phosphoric ester groups is 1. The lowest BCUT2D eigenvalue weighted by Gasteiger charge is -2.05. The summed E-state index contributed by atoms with van der Waals surface area (Å²) in [5.41, 5.74) is 0. The van der Waals surface area contributed by atoms with Crippen molar-refractivity contribution in [3.8, 4) is 5.75 Å². The first-order valence-electron chi connectivity index (χ1n) is 11.9. The molecule has 0 aliphatic carbocycles. The van der Waals surface area contributed by atoms with Crippen LogP contribution in [0.5, 0.6) is 5.75 Å². The zero-order valence-electron chi connectivity index (χ0n) is 19.0. The van der Waals surface area contributed by atoms with Crippen molar-refractivity contribution in [1.82, 2.24) is 0 Å². The molecule has 0 aliphatic rings. The molecule has 1 rings (SSSR count). The van der Waals surface area contributed by atoms with Gasteiger partial charge < -0.3 is 14.9 Å². The predicted octanol–water partition coefficient (Wildman–Crippen LogP) is 7.75. The molecule has 6 heteroatoms. The standard InChI is InChI=1S/C18H39O4P.C6H6O/c1-2-3-4-5-6-7-8-9-10-11-12-13-14-15-16-17-18-22-23(19,20)21;7-6-4-2-1-3-5-6/h2-18H2,1H3,(H2,19,20,21);1-5,7H. The molecule has 176 valence electrons. The summed E-state index contributed by atoms with van der Waals surface area (Å²) < 4.78 is 14.9. The van der Waals surface area contributed by atoms with Crippen molar-refractivity contribution in [2.75, 3.05) is 6.61 Å². The molecule has 0 bridgehead atoms. The second kappa shape index (κ2) is 21.4. The summed E-state index contributed by atoms with van der Waals surface area (Å²) >= 11 is 0. The number of rotatable bonds is 18. The summed E-state index contributed by atoms with van der Waals surface area (Å²) in [6.45, 7) is 2.43. The average molecular weight is 445 g/mol. The van der Waals surface area contributed by atoms with E-state index in [1.807, 2.05) is 6.07 Å². The molecule has 0 saturated carbocycles. The van der Waals surface area contributed by atoms with Gasteiger partial charge in [0, 0.05) is 0 Å². The van der Waals surface area contributed by atoms with Gasteiger partial charge in [-0.15, -0.1) is 0 Å². The van der Waals surface area contributed by atoms with Gasteiger partial charge in [-0.25, -0.2) is 4.57 Å². The Labute approximate surface area is 184 Å². The molecule has 0 amide bonds. The Kier molecular flexibility index (Phi) is 20.7. The summed E-state index contributed by atoms with van der Waals surface area (Å²) in [5.74, 6) is 0.322. The van der Waals surface area contributed by atoms with Gasteiger partial charge in [-0.05, 0) is 18.6 Å². The quantitative estimate of drug-likeness (QED) is 0.159. The van der Waals surface area contributed by atoms with E-state index in [4.69, 9.17) is 14.9 Å². The third-order valence-corrected chi connectivity index (χ3v) is 5.53. The molecule has 0 atom stereocenters. The number of benzene rings is 1. The minimum atomic E-state index is -4.26. The number of phenolic OH excluding ortho intramolecular Hbond substituents is 1. The highest BCUT2D eigenvalue weighted by Crippen LogP contribution is 2.35. The Balaban J connectivity index is 0.000001000. The molecule has 0 aliphatic heterocycles. The van der Waals surface area contributed by atoms with Crippen LogP contribution in [-0.4, -0.2) is 21.5 Å². The Morgan fingerprint density at radius 3 is 1.33 bits per heavy atom. The lowest BCUT2D eigenvalue weighted by Crippen LogP contribution is -1.92. The maximum Gasteiger partial charge on any atom is 0.469 e. The van der Waals surface area contributed by atoms with Crippen LogP contribution in [0.1, 0.15) is 110 Å². The van der Waals surface area contributed by atoms with E-state index < -0.39 is 7.82 Å². The molecule has 0 fully saturated rings. The van der Waals surface area contributed by atoms with Crippen LogP contribution in [0.25, 0.3) is 0 Å². The summed E-state index contributed by atoms with van der Waals surface area (Å²) in [4.78, 5) is 17.1. The van der Waals surface area contributed by atoms with E-state index in [1.165, 1.54) is 83.5 Å². The topological polar surface area (TPSA) is 87.0 Å². The van der Waals surface area contributed by atoms with E-state index in [2.05, 4.69) is 11.4 Å². The number of phosphoric acid groups is 1. The maximum absolute atomic E-state index is 10.5. The van der Waals surface area contributed by atoms with Crippen molar-refractivity contribution in [3.63, 3.8) is 0 Å². The van der Waals surface area contributed by atoms with Crippen LogP contribution >= 0.6 is 7.82 Å². The highest BCUT2D eigenvalue weighted by Gasteiger charge is 2.12. The molecule has 30 heavy (non-hydrogen) atoms. The van der Waals surface area contributed by atoms with Gasteiger partial charge in [-0.3, -0.25) is 4.52 Å². The Bertz CT molecular complexity index is 504. The minimum absolute atomic E-state index is 0.169. The van der Waals surface area contributed by atoms with Crippen molar-refractivity contribution >= 4 is 7.82 Å². The minimum Gasteiger partial charge on any atom is -0.508 e. The molecule has 0 unspecified atom stereocenters. The summed E-state index contributed by atoms with van der Waals surface area (Å²) in [5, 5.41) is 8.63. The summed E-state index contributed by atoms with van der Waals surface area (Å²) in [7, 11) is -4.26. The third kappa shape index (κ3) is 25.2. The Morgan fingerprint density at radius 1 is 0.667 bits per heavy atom. The lowest BCUT2D eigenvalue weighted by molar-refractivity contribution is 0.193. The van der Waals surface area contributed by atoms with Crippen molar-refractivity contribution in [2.45, 2.75) is 110 Å². The number of aromatic hydroxyl groups is 1. The molecule has 0 saturated heterocycles. The molecule has 0 heterocycles. The van der Waals surface area contributed by atoms with E-state index in [1.54, 1.807) is 24.3 Å². The fraction of sp³-hybridized carbons (Fsp3) is 0.750. The molecular weight excluding hydrogens is 399 g/mol. The maximum atomic E-state index is 10.5. The van der Waals surface area contributed by atoms with Crippen molar-refractivity contribution in [1.29, 1.82) is 0 Å². The molecule has 0 aromatic heterocycles. The fourth-order valence-electron chi connectivity index (χ4n) is 3.26. The zero-order chi connectivity index (χ0) is 22.3. The van der Waals surface area contributed by atoms with E-state index in [0.717, 1.165) is 19.3 Å². The smallest absolute Gasteiger partial charge is 0.469 e. The number of phenols is 1. The van der Waals surface area contributed by atoms with Crippen molar-refractivity contribution in [3.05, 3.63) is 30.3 Å². The van der Waals surface area contributed by atoms with Gasteiger partial charge in [-0.1, -0.05) is 121 Å². The SMILES string of the molecule is CCCCCCCCCCCCCCCCCCOP(=O)(O)O.Oc1ccccc1. The van der Waals surface area contributed by atoms with Crippen molar-refractivity contribution < 1.29 is 24.0 Å². The van der Waals surface area contributed by atoms with Crippen LogP contribution in [0.2, 0.25) is 0 Å². The molecular formula is C24H45O5P. The van der Waals surface area contributed by atoms with E-state index >= 15 is 0 Å². The van der Waals surface area contributed by atoms with Gasteiger partial charge in [0.2, 0.25) is 0 Å². The van der Waals surface area contributed by atoms with E-state index in [9.17, 15) is 4.57 Å². The monoisotopic (exact) mass is 444 g/mol. The first kappa shape index (κ1) is 29.1. The zero-order valence-corrected chi connectivity index (χ0v) is 19.9. The third-order valence-electron chi connectivity index (χ3n) is 5.01. The Morgan fingerprint density at radius 2 is 1.03 bits per heavy atom. The molecule has 1 aromatic rings. The highest BCUT2D eigenvalue weighted by molar-refractivity contribution is 7.46. The van der Waals surface area contributed by atoms with Gasteiger partial charge in [0.1, 0.15) is 5.75 Å². The normalized spacial score (nSPS) is 11.2. The van der Waals surface area contributed by atoms with E-state index in [-0.39, 0.29) is 6.61 Å². The van der Waals surface area contributed by atoms with E-state index in [0.29, 0.717) is 5.75 Å². The van der Waals surface area contributed by atoms with Crippen LogP contribution in [0, 0.1) is 0 Å². The average Bonchev–Trinajstić information content (AvgIpc) is 2.70. The number of unbranched alkanes of at least 4 members (excludes halogenated alkanes) is 15. The molecule has 1 aromatic carbocycles. The lowest BCUT2D eigenvalue weighted by atomic mass is 10.0. The van der Waals surface area contributed by atoms with Crippen LogP contribution in [-0.2, 0) is 9.09 Å². The fourth-order valence-corrected chi connectivity index (χ4v) is 3.63. The number of hydrogen-bond donors (Lipinski definition) is 3. The number of para-hydroxylation sites is 1. The van der Waals surface area contributed by atoms with Gasteiger partial charge >= 0.3 is 7.82 Å². The molecule has 5 nitrogen and oxygen atoms in total. The van der Waals surface area contributed by atoms with Gasteiger partial charge in [-0.2, -0.15) is 0 Å². The van der Waals surface area contributed by atoms with Crippen LogP contribution in [0.3, 0.4) is 0 Å². The molecule has 0 spiro atoms. The van der Waals surface area contributed by atoms with Gasteiger partial charge in [0.25, 0.3) is 0 Å². The second-order valence-corrected chi connectivity index (χ2v) is 9.20. The van der Waals surface area contributed by atoms with Crippen molar-refractivity contribution in [2.24, 2.45) is 0 Å². The van der Waals surface area contributed by atoms with Gasteiger partial charge in [0.15, 0.2) is 0 Å². The molecule has 0 radical (unpaired) electrons. The first-order chi connectivity index (χ1) is 14.5. The Hall–Kier alpha value is -0.870. The second-order valence-electron chi connectivity index (χ2n) is 7.96. The largest absolute Gasteiger partial charge is 0.508 e. The van der Waals surface area contributed by atoms with Crippen LogP contribution in [0.4, 0.5) is 0 Å². The first-order valence-corrected chi connectivity index (χ1v) is 13.4. The predicted molar refractivity (Wildman–Crippen MR) is 126 cm³/mol. The molecule has 3 N–H and O–H groups in total. The summed E-state index contributed by atoms with van der Waals surface area (Å²) in [6.07, 6.45) is 20.7. The number of hydrogen-bond acceptors (Lipinski definition) is 3. The van der Waals surface area contributed by atoms with Crippen LogP contribution in [0.15, 0.2) is 30.3 Å².